The molecule has 2 rings (SSSR count). The van der Waals surface area contributed by atoms with Crippen LogP contribution in [0.25, 0.3) is 0 Å². The number of tetrazole rings is 1. The lowest BCUT2D eigenvalue weighted by molar-refractivity contribution is -0.139. The van der Waals surface area contributed by atoms with E-state index >= 15 is 0 Å². The molecule has 0 unspecified atom stereocenters. The van der Waals surface area contributed by atoms with Crippen molar-refractivity contribution in [3.05, 3.63) is 5.82 Å². The van der Waals surface area contributed by atoms with Crippen molar-refractivity contribution >= 4 is 5.97 Å². The predicted octanol–water partition coefficient (Wildman–Crippen LogP) is 1.30. The van der Waals surface area contributed by atoms with E-state index in [0.717, 1.165) is 38.1 Å². The van der Waals surface area contributed by atoms with Gasteiger partial charge >= 0.3 is 5.97 Å². The highest BCUT2D eigenvalue weighted by Crippen LogP contribution is 2.24. The monoisotopic (exact) mass is 281 g/mol. The Hall–Kier alpha value is -1.50. The lowest BCUT2D eigenvalue weighted by Gasteiger charge is -2.26. The maximum Gasteiger partial charge on any atom is 0.317 e. The molecule has 112 valence electrons. The highest BCUT2D eigenvalue weighted by atomic mass is 16.4. The summed E-state index contributed by atoms with van der Waals surface area (Å²) in [5.41, 5.74) is 0. The van der Waals surface area contributed by atoms with Gasteiger partial charge in [0.15, 0.2) is 5.82 Å². The second kappa shape index (κ2) is 7.33. The van der Waals surface area contributed by atoms with Crippen LogP contribution < -0.4 is 0 Å². The molecule has 0 bridgehead atoms. The number of unbranched alkanes of at least 4 members (excludes halogenated alkanes) is 1. The topological polar surface area (TPSA) is 84.1 Å². The number of carbonyl (C=O) groups is 1. The summed E-state index contributed by atoms with van der Waals surface area (Å²) in [6, 6.07) is 0.349. The Balaban J connectivity index is 2.02. The van der Waals surface area contributed by atoms with Gasteiger partial charge in [-0.25, -0.2) is 4.68 Å². The second-order valence-corrected chi connectivity index (χ2v) is 5.41. The smallest absolute Gasteiger partial charge is 0.317 e. The van der Waals surface area contributed by atoms with Gasteiger partial charge in [0.1, 0.15) is 0 Å². The van der Waals surface area contributed by atoms with Gasteiger partial charge in [-0.1, -0.05) is 26.2 Å². The fourth-order valence-electron chi connectivity index (χ4n) is 2.76. The van der Waals surface area contributed by atoms with Crippen LogP contribution in [0.15, 0.2) is 0 Å². The van der Waals surface area contributed by atoms with Gasteiger partial charge in [-0.3, -0.25) is 9.69 Å². The summed E-state index contributed by atoms with van der Waals surface area (Å²) in [7, 11) is 0. The highest BCUT2D eigenvalue weighted by molar-refractivity contribution is 5.69. The summed E-state index contributed by atoms with van der Waals surface area (Å²) < 4.78 is 1.80. The number of nitrogens with zero attached hydrogens (tertiary/aromatic N) is 5. The molecular formula is C13H23N5O2. The molecule has 0 radical (unpaired) electrons. The lowest BCUT2D eigenvalue weighted by Crippen LogP contribution is -2.37. The first kappa shape index (κ1) is 14.9. The van der Waals surface area contributed by atoms with Crippen LogP contribution in [-0.4, -0.2) is 48.8 Å². The van der Waals surface area contributed by atoms with Crippen molar-refractivity contribution < 1.29 is 9.90 Å². The van der Waals surface area contributed by atoms with Crippen molar-refractivity contribution in [2.24, 2.45) is 0 Å². The number of carboxylic acids is 1. The SMILES string of the molecule is CCCCn1nnnc1CN(CC(=O)O)C1CCCC1. The molecule has 1 aliphatic carbocycles. The van der Waals surface area contributed by atoms with E-state index in [2.05, 4.69) is 22.4 Å². The van der Waals surface area contributed by atoms with Gasteiger partial charge in [-0.2, -0.15) is 0 Å². The minimum atomic E-state index is -0.788. The van der Waals surface area contributed by atoms with Crippen molar-refractivity contribution in [1.29, 1.82) is 0 Å². The summed E-state index contributed by atoms with van der Waals surface area (Å²) in [4.78, 5) is 13.1. The third-order valence-electron chi connectivity index (χ3n) is 3.85. The lowest BCUT2D eigenvalue weighted by atomic mass is 10.2. The predicted molar refractivity (Wildman–Crippen MR) is 73.0 cm³/mol. The van der Waals surface area contributed by atoms with Gasteiger partial charge in [-0.05, 0) is 29.7 Å². The van der Waals surface area contributed by atoms with Crippen LogP contribution in [-0.2, 0) is 17.9 Å². The molecule has 1 saturated carbocycles. The summed E-state index contributed by atoms with van der Waals surface area (Å²) in [6.07, 6.45) is 6.62. The largest absolute Gasteiger partial charge is 0.480 e. The minimum absolute atomic E-state index is 0.0608. The maximum atomic E-state index is 11.1. The van der Waals surface area contributed by atoms with Crippen LogP contribution in [0.3, 0.4) is 0 Å². The average Bonchev–Trinajstić information content (AvgIpc) is 3.06. The van der Waals surface area contributed by atoms with Crippen LogP contribution in [0.5, 0.6) is 0 Å². The molecule has 1 N–H and O–H groups in total. The molecule has 7 heteroatoms. The molecule has 1 heterocycles. The fraction of sp³-hybridized carbons (Fsp3) is 0.846. The van der Waals surface area contributed by atoms with Crippen LogP contribution >= 0.6 is 0 Å². The molecule has 1 aliphatic rings. The summed E-state index contributed by atoms with van der Waals surface area (Å²) in [6.45, 7) is 3.50. The number of hydrogen-bond donors (Lipinski definition) is 1. The normalized spacial score (nSPS) is 16.1. The molecule has 1 aromatic heterocycles. The van der Waals surface area contributed by atoms with Gasteiger partial charge in [0.2, 0.25) is 0 Å². The molecule has 1 fully saturated rings. The first-order valence-corrected chi connectivity index (χ1v) is 7.41. The van der Waals surface area contributed by atoms with Crippen LogP contribution in [0.2, 0.25) is 0 Å². The number of rotatable bonds is 8. The average molecular weight is 281 g/mol. The van der Waals surface area contributed by atoms with Crippen LogP contribution in [0, 0.1) is 0 Å². The van der Waals surface area contributed by atoms with Gasteiger partial charge < -0.3 is 5.11 Å². The van der Waals surface area contributed by atoms with Crippen molar-refractivity contribution in [1.82, 2.24) is 25.1 Å². The van der Waals surface area contributed by atoms with E-state index in [4.69, 9.17) is 5.11 Å². The Morgan fingerprint density at radius 3 is 2.85 bits per heavy atom. The van der Waals surface area contributed by atoms with Gasteiger partial charge in [0, 0.05) is 12.6 Å². The molecular weight excluding hydrogens is 258 g/mol. The van der Waals surface area contributed by atoms with E-state index in [1.165, 1.54) is 12.8 Å². The number of hydrogen-bond acceptors (Lipinski definition) is 5. The standard InChI is InChI=1S/C13H23N5O2/c1-2-3-8-18-12(14-15-16-18)9-17(10-13(19)20)11-6-4-5-7-11/h11H,2-10H2,1H3,(H,19,20). The Morgan fingerprint density at radius 2 is 2.20 bits per heavy atom. The summed E-state index contributed by atoms with van der Waals surface area (Å²) >= 11 is 0. The Bertz CT molecular complexity index is 428. The molecule has 7 nitrogen and oxygen atoms in total. The van der Waals surface area contributed by atoms with Crippen molar-refractivity contribution in [3.8, 4) is 0 Å². The van der Waals surface area contributed by atoms with Gasteiger partial charge in [0.05, 0.1) is 13.1 Å². The Labute approximate surface area is 119 Å². The quantitative estimate of drug-likeness (QED) is 0.773. The zero-order valence-electron chi connectivity index (χ0n) is 12.0. The number of carboxylic acid groups (broad SMARTS) is 1. The number of aromatic nitrogens is 4. The molecule has 0 aromatic carbocycles. The van der Waals surface area contributed by atoms with E-state index in [1.54, 1.807) is 4.68 Å². The Kier molecular flexibility index (Phi) is 5.46. The highest BCUT2D eigenvalue weighted by Gasteiger charge is 2.25. The molecule has 0 aliphatic heterocycles. The van der Waals surface area contributed by atoms with Gasteiger partial charge in [-0.15, -0.1) is 5.10 Å². The van der Waals surface area contributed by atoms with E-state index in [0.29, 0.717) is 12.6 Å². The fourth-order valence-corrected chi connectivity index (χ4v) is 2.76. The third kappa shape index (κ3) is 4.00. The molecule has 0 amide bonds. The molecule has 0 saturated heterocycles. The zero-order valence-corrected chi connectivity index (χ0v) is 12.0. The molecule has 20 heavy (non-hydrogen) atoms. The second-order valence-electron chi connectivity index (χ2n) is 5.41. The van der Waals surface area contributed by atoms with Crippen LogP contribution in [0.4, 0.5) is 0 Å². The first-order chi connectivity index (χ1) is 9.70. The number of aryl methyl sites for hydroxylation is 1. The zero-order chi connectivity index (χ0) is 14.4. The van der Waals surface area contributed by atoms with Gasteiger partial charge in [0.25, 0.3) is 0 Å². The van der Waals surface area contributed by atoms with Crippen molar-refractivity contribution in [2.75, 3.05) is 6.54 Å². The molecule has 0 spiro atoms. The van der Waals surface area contributed by atoms with E-state index in [9.17, 15) is 4.79 Å². The van der Waals surface area contributed by atoms with Crippen LogP contribution in [0.1, 0.15) is 51.3 Å². The molecule has 0 atom stereocenters. The van der Waals surface area contributed by atoms with E-state index in [-0.39, 0.29) is 6.54 Å². The summed E-state index contributed by atoms with van der Waals surface area (Å²) in [5, 5.41) is 20.9. The number of aliphatic carboxylic acids is 1. The summed E-state index contributed by atoms with van der Waals surface area (Å²) in [5.74, 6) is -0.0175. The van der Waals surface area contributed by atoms with E-state index < -0.39 is 5.97 Å². The molecule has 1 aromatic rings. The first-order valence-electron chi connectivity index (χ1n) is 7.41. The van der Waals surface area contributed by atoms with E-state index in [1.807, 2.05) is 4.90 Å². The van der Waals surface area contributed by atoms with Crippen molar-refractivity contribution in [2.45, 2.75) is 64.6 Å². The third-order valence-corrected chi connectivity index (χ3v) is 3.85. The van der Waals surface area contributed by atoms with Crippen molar-refractivity contribution in [3.63, 3.8) is 0 Å². The Morgan fingerprint density at radius 1 is 1.45 bits per heavy atom. The minimum Gasteiger partial charge on any atom is -0.480 e. The maximum absolute atomic E-state index is 11.1.